The number of piperidine rings is 1. The number of hydrogen-bond acceptors (Lipinski definition) is 5. The van der Waals surface area contributed by atoms with Gasteiger partial charge in [-0.2, -0.15) is 0 Å². The summed E-state index contributed by atoms with van der Waals surface area (Å²) in [6.45, 7) is 4.14. The molecule has 0 atom stereocenters. The molecule has 2 amide bonds. The molecule has 0 radical (unpaired) electrons. The minimum absolute atomic E-state index is 0.0301. The van der Waals surface area contributed by atoms with Crippen molar-refractivity contribution in [2.24, 2.45) is 0 Å². The van der Waals surface area contributed by atoms with Gasteiger partial charge in [0.2, 0.25) is 11.8 Å². The highest BCUT2D eigenvalue weighted by Gasteiger charge is 2.25. The zero-order chi connectivity index (χ0) is 21.8. The Kier molecular flexibility index (Phi) is 6.63. The molecular formula is C24H28N4O2S. The van der Waals surface area contributed by atoms with Crippen LogP contribution < -0.4 is 5.32 Å². The molecular weight excluding hydrogens is 408 g/mol. The number of amides is 2. The quantitative estimate of drug-likeness (QED) is 0.637. The molecule has 1 fully saturated rings. The molecule has 0 saturated carbocycles. The van der Waals surface area contributed by atoms with Crippen LogP contribution in [0.5, 0.6) is 0 Å². The molecule has 1 aromatic heterocycles. The van der Waals surface area contributed by atoms with Gasteiger partial charge in [0.05, 0.1) is 28.3 Å². The van der Waals surface area contributed by atoms with E-state index in [1.54, 1.807) is 18.4 Å². The zero-order valence-electron chi connectivity index (χ0n) is 18.0. The number of hydrogen-bond donors (Lipinski definition) is 1. The fraction of sp³-hybridized carbons (Fsp3) is 0.375. The molecule has 162 valence electrons. The third kappa shape index (κ3) is 5.48. The van der Waals surface area contributed by atoms with Crippen molar-refractivity contribution in [2.45, 2.75) is 25.7 Å². The number of carbonyl (C=O) groups excluding carboxylic acids is 2. The number of thiazole rings is 1. The second-order valence-corrected chi connectivity index (χ2v) is 9.30. The van der Waals surface area contributed by atoms with Crippen LogP contribution in [0.1, 0.15) is 29.3 Å². The first-order chi connectivity index (χ1) is 15.0. The third-order valence-corrected chi connectivity index (χ3v) is 6.95. The van der Waals surface area contributed by atoms with Crippen molar-refractivity contribution >= 4 is 39.1 Å². The van der Waals surface area contributed by atoms with E-state index in [1.165, 1.54) is 14.6 Å². The molecule has 7 heteroatoms. The van der Waals surface area contributed by atoms with Gasteiger partial charge in [-0.3, -0.25) is 14.5 Å². The summed E-state index contributed by atoms with van der Waals surface area (Å²) < 4.78 is 1.24. The Bertz CT molecular complexity index is 1020. The minimum Gasteiger partial charge on any atom is -0.335 e. The van der Waals surface area contributed by atoms with Crippen LogP contribution in [0.3, 0.4) is 0 Å². The largest absolute Gasteiger partial charge is 0.335 e. The first kappa shape index (κ1) is 21.5. The average Bonchev–Trinajstić information content (AvgIpc) is 3.20. The third-order valence-electron chi connectivity index (χ3n) is 5.75. The Morgan fingerprint density at radius 2 is 1.84 bits per heavy atom. The van der Waals surface area contributed by atoms with Gasteiger partial charge in [0.15, 0.2) is 0 Å². The molecule has 0 spiro atoms. The van der Waals surface area contributed by atoms with Crippen molar-refractivity contribution in [1.29, 1.82) is 0 Å². The maximum absolute atomic E-state index is 12.6. The Balaban J connectivity index is 1.23. The van der Waals surface area contributed by atoms with E-state index in [0.717, 1.165) is 42.7 Å². The summed E-state index contributed by atoms with van der Waals surface area (Å²) in [4.78, 5) is 33.3. The van der Waals surface area contributed by atoms with Gasteiger partial charge in [-0.05, 0) is 57.1 Å². The van der Waals surface area contributed by atoms with Gasteiger partial charge in [0, 0.05) is 18.7 Å². The summed E-state index contributed by atoms with van der Waals surface area (Å²) >= 11 is 1.78. The number of anilines is 1. The van der Waals surface area contributed by atoms with E-state index < -0.39 is 0 Å². The number of nitrogens with one attached hydrogen (secondary N) is 1. The van der Waals surface area contributed by atoms with E-state index in [9.17, 15) is 9.59 Å². The molecule has 0 bridgehead atoms. The summed E-state index contributed by atoms with van der Waals surface area (Å²) in [5.74, 6) is 0.244. The molecule has 1 saturated heterocycles. The minimum atomic E-state index is -0.186. The lowest BCUT2D eigenvalue weighted by molar-refractivity contribution is -0.134. The lowest BCUT2D eigenvalue weighted by atomic mass is 9.97. The monoisotopic (exact) mass is 436 g/mol. The number of likely N-dealkylation sites (tertiary alicyclic amines) is 1. The number of likely N-dealkylation sites (N-methyl/N-ethyl adjacent to an activating group) is 1. The summed E-state index contributed by atoms with van der Waals surface area (Å²) in [5, 5.41) is 4.05. The summed E-state index contributed by atoms with van der Waals surface area (Å²) in [6.07, 6.45) is 2.01. The summed E-state index contributed by atoms with van der Waals surface area (Å²) in [6, 6.07) is 15.9. The Morgan fingerprint density at radius 1 is 1.13 bits per heavy atom. The summed E-state index contributed by atoms with van der Waals surface area (Å²) in [5.41, 5.74) is 2.95. The summed E-state index contributed by atoms with van der Waals surface area (Å²) in [7, 11) is 1.69. The van der Waals surface area contributed by atoms with Crippen molar-refractivity contribution in [3.05, 3.63) is 59.1 Å². The molecule has 0 aliphatic carbocycles. The predicted molar refractivity (Wildman–Crippen MR) is 125 cm³/mol. The van der Waals surface area contributed by atoms with E-state index in [0.29, 0.717) is 12.5 Å². The fourth-order valence-electron chi connectivity index (χ4n) is 3.86. The fourth-order valence-corrected chi connectivity index (χ4v) is 4.99. The van der Waals surface area contributed by atoms with Crippen molar-refractivity contribution in [3.8, 4) is 0 Å². The van der Waals surface area contributed by atoms with Crippen LogP contribution in [0.2, 0.25) is 0 Å². The lowest BCUT2D eigenvalue weighted by Crippen LogP contribution is -2.44. The van der Waals surface area contributed by atoms with Crippen molar-refractivity contribution in [2.75, 3.05) is 38.5 Å². The van der Waals surface area contributed by atoms with Gasteiger partial charge >= 0.3 is 0 Å². The van der Waals surface area contributed by atoms with Crippen LogP contribution in [0.15, 0.2) is 48.5 Å². The maximum Gasteiger partial charge on any atom is 0.243 e. The van der Waals surface area contributed by atoms with Crippen LogP contribution in [0.4, 0.5) is 5.69 Å². The number of para-hydroxylation sites is 1. The number of fused-ring (bicyclic) bond motifs is 1. The number of nitrogens with zero attached hydrogens (tertiary/aromatic N) is 3. The Labute approximate surface area is 186 Å². The predicted octanol–water partition coefficient (Wildman–Crippen LogP) is 3.88. The molecule has 1 aliphatic rings. The highest BCUT2D eigenvalue weighted by Crippen LogP contribution is 2.33. The molecule has 0 unspecified atom stereocenters. The molecule has 2 aromatic carbocycles. The van der Waals surface area contributed by atoms with Gasteiger partial charge in [-0.15, -0.1) is 11.3 Å². The van der Waals surface area contributed by atoms with E-state index >= 15 is 0 Å². The van der Waals surface area contributed by atoms with Crippen LogP contribution >= 0.6 is 11.3 Å². The van der Waals surface area contributed by atoms with Gasteiger partial charge in [0.25, 0.3) is 0 Å². The van der Waals surface area contributed by atoms with Gasteiger partial charge in [-0.25, -0.2) is 4.98 Å². The highest BCUT2D eigenvalue weighted by molar-refractivity contribution is 7.18. The second kappa shape index (κ2) is 9.58. The molecule has 3 aromatic rings. The molecule has 4 rings (SSSR count). The number of carbonyl (C=O) groups is 2. The highest BCUT2D eigenvalue weighted by atomic mass is 32.1. The van der Waals surface area contributed by atoms with Gasteiger partial charge in [0.1, 0.15) is 0 Å². The van der Waals surface area contributed by atoms with Crippen molar-refractivity contribution in [3.63, 3.8) is 0 Å². The van der Waals surface area contributed by atoms with Gasteiger partial charge in [-0.1, -0.05) is 29.8 Å². The van der Waals surface area contributed by atoms with Gasteiger partial charge < -0.3 is 10.2 Å². The second-order valence-electron chi connectivity index (χ2n) is 8.23. The molecule has 1 aliphatic heterocycles. The number of aromatic nitrogens is 1. The van der Waals surface area contributed by atoms with Crippen LogP contribution in [0.25, 0.3) is 10.2 Å². The maximum atomic E-state index is 12.6. The lowest BCUT2D eigenvalue weighted by Gasteiger charge is -2.31. The SMILES string of the molecule is Cc1ccc(NC(=O)CN(C)C(=O)CN2CCC(c3nc4ccccc4s3)CC2)cc1. The van der Waals surface area contributed by atoms with E-state index in [-0.39, 0.29) is 18.4 Å². The Morgan fingerprint density at radius 3 is 2.55 bits per heavy atom. The van der Waals surface area contributed by atoms with E-state index in [4.69, 9.17) is 4.98 Å². The smallest absolute Gasteiger partial charge is 0.243 e. The van der Waals surface area contributed by atoms with Crippen molar-refractivity contribution in [1.82, 2.24) is 14.8 Å². The molecule has 2 heterocycles. The first-order valence-corrected chi connectivity index (χ1v) is 11.5. The van der Waals surface area contributed by atoms with Crippen molar-refractivity contribution < 1.29 is 9.59 Å². The topological polar surface area (TPSA) is 65.5 Å². The van der Waals surface area contributed by atoms with Crippen LogP contribution in [0, 0.1) is 6.92 Å². The number of aryl methyl sites for hydroxylation is 1. The number of rotatable bonds is 6. The Hall–Kier alpha value is -2.77. The molecule has 1 N–H and O–H groups in total. The van der Waals surface area contributed by atoms with Crippen LogP contribution in [-0.2, 0) is 9.59 Å². The zero-order valence-corrected chi connectivity index (χ0v) is 18.8. The normalized spacial score (nSPS) is 15.2. The van der Waals surface area contributed by atoms with E-state index in [2.05, 4.69) is 28.4 Å². The standard InChI is InChI=1S/C24H28N4O2S/c1-17-7-9-19(10-8-17)25-22(29)15-27(2)23(30)16-28-13-11-18(12-14-28)24-26-20-5-3-4-6-21(20)31-24/h3-10,18H,11-16H2,1-2H3,(H,25,29). The molecule has 31 heavy (non-hydrogen) atoms. The molecule has 6 nitrogen and oxygen atoms in total. The van der Waals surface area contributed by atoms with Crippen LogP contribution in [-0.4, -0.2) is 59.8 Å². The average molecular weight is 437 g/mol. The first-order valence-electron chi connectivity index (χ1n) is 10.7. The van der Waals surface area contributed by atoms with E-state index in [1.807, 2.05) is 37.3 Å². The number of benzene rings is 2.